The van der Waals surface area contributed by atoms with E-state index >= 15 is 0 Å². The Morgan fingerprint density at radius 3 is 2.08 bits per heavy atom. The zero-order valence-electron chi connectivity index (χ0n) is 18.9. The maximum absolute atomic E-state index is 12.9. The maximum atomic E-state index is 12.9. The Balaban J connectivity index is 1.27. The molecule has 0 spiro atoms. The molecule has 36 heavy (non-hydrogen) atoms. The Kier molecular flexibility index (Phi) is 5.88. The topological polar surface area (TPSA) is 101 Å². The number of aromatic hydroxyl groups is 1. The summed E-state index contributed by atoms with van der Waals surface area (Å²) >= 11 is 0. The lowest BCUT2D eigenvalue weighted by atomic mass is 10.0. The molecule has 1 heterocycles. The maximum Gasteiger partial charge on any atom is 0.338 e. The summed E-state index contributed by atoms with van der Waals surface area (Å²) in [5.74, 6) is -2.43. The van der Waals surface area contributed by atoms with E-state index in [1.54, 1.807) is 12.1 Å². The lowest BCUT2D eigenvalue weighted by molar-refractivity contribution is 0.0474. The Bertz CT molecular complexity index is 1510. The predicted molar refractivity (Wildman–Crippen MR) is 132 cm³/mol. The van der Waals surface area contributed by atoms with Gasteiger partial charge in [-0.1, -0.05) is 60.7 Å². The number of imide groups is 1. The van der Waals surface area contributed by atoms with Crippen molar-refractivity contribution in [2.75, 3.05) is 11.5 Å². The van der Waals surface area contributed by atoms with Crippen LogP contribution in [-0.4, -0.2) is 35.3 Å². The van der Waals surface area contributed by atoms with Gasteiger partial charge in [-0.25, -0.2) is 9.69 Å². The molecule has 1 aliphatic rings. The smallest absolute Gasteiger partial charge is 0.338 e. The number of hydrogen-bond acceptors (Lipinski definition) is 6. The van der Waals surface area contributed by atoms with Crippen molar-refractivity contribution in [3.8, 4) is 16.9 Å². The average Bonchev–Trinajstić information content (AvgIpc) is 3.16. The average molecular weight is 477 g/mol. The van der Waals surface area contributed by atoms with Crippen molar-refractivity contribution in [3.05, 3.63) is 119 Å². The first kappa shape index (κ1) is 22.7. The Labute approximate surface area is 206 Å². The molecule has 1 N–H and O–H groups in total. The van der Waals surface area contributed by atoms with Gasteiger partial charge in [0.25, 0.3) is 11.8 Å². The number of esters is 1. The van der Waals surface area contributed by atoms with E-state index in [9.17, 15) is 24.3 Å². The third kappa shape index (κ3) is 4.25. The van der Waals surface area contributed by atoms with Gasteiger partial charge in [0.1, 0.15) is 5.75 Å². The second-order valence-corrected chi connectivity index (χ2v) is 8.17. The Morgan fingerprint density at radius 1 is 0.694 bits per heavy atom. The molecular weight excluding hydrogens is 458 g/mol. The molecule has 0 aromatic heterocycles. The SMILES string of the molecule is O=C(COC(=O)c1ccc2c(c1)C(=O)N(c1cccc(O)c1)C2=O)c1ccc(-c2ccccc2)cc1. The molecule has 5 rings (SSSR count). The summed E-state index contributed by atoms with van der Waals surface area (Å²) < 4.78 is 5.18. The van der Waals surface area contributed by atoms with E-state index in [2.05, 4.69) is 0 Å². The number of anilines is 1. The number of nitrogens with zero attached hydrogens (tertiary/aromatic N) is 1. The van der Waals surface area contributed by atoms with E-state index in [1.165, 1.54) is 42.5 Å². The molecule has 0 radical (unpaired) electrons. The monoisotopic (exact) mass is 477 g/mol. The third-order valence-electron chi connectivity index (χ3n) is 5.86. The summed E-state index contributed by atoms with van der Waals surface area (Å²) in [4.78, 5) is 51.7. The molecule has 0 atom stereocenters. The lowest BCUT2D eigenvalue weighted by Crippen LogP contribution is -2.29. The standard InChI is InChI=1S/C29H19NO6/c31-23-8-4-7-22(16-23)30-27(33)24-14-13-21(15-25(24)28(30)34)29(35)36-17-26(32)20-11-9-19(10-12-20)18-5-2-1-3-6-18/h1-16,31H,17H2. The van der Waals surface area contributed by atoms with Gasteiger partial charge in [0.2, 0.25) is 0 Å². The molecule has 7 nitrogen and oxygen atoms in total. The number of carbonyl (C=O) groups is 4. The molecule has 0 saturated heterocycles. The van der Waals surface area contributed by atoms with Crippen LogP contribution in [-0.2, 0) is 4.74 Å². The quantitative estimate of drug-likeness (QED) is 0.241. The highest BCUT2D eigenvalue weighted by Crippen LogP contribution is 2.31. The number of ether oxygens (including phenoxy) is 1. The van der Waals surface area contributed by atoms with E-state index in [4.69, 9.17) is 4.74 Å². The van der Waals surface area contributed by atoms with E-state index in [1.807, 2.05) is 42.5 Å². The fourth-order valence-electron chi connectivity index (χ4n) is 4.01. The Morgan fingerprint density at radius 2 is 1.36 bits per heavy atom. The van der Waals surface area contributed by atoms with Gasteiger partial charge in [-0.15, -0.1) is 0 Å². The normalized spacial score (nSPS) is 12.4. The molecule has 2 amide bonds. The van der Waals surface area contributed by atoms with Gasteiger partial charge in [0.05, 0.1) is 22.4 Å². The second kappa shape index (κ2) is 9.31. The summed E-state index contributed by atoms with van der Waals surface area (Å²) in [6.45, 7) is -0.469. The molecule has 0 saturated carbocycles. The van der Waals surface area contributed by atoms with Crippen molar-refractivity contribution in [3.63, 3.8) is 0 Å². The number of ketones is 1. The zero-order valence-corrected chi connectivity index (χ0v) is 18.9. The van der Waals surface area contributed by atoms with Crippen molar-refractivity contribution < 1.29 is 29.0 Å². The van der Waals surface area contributed by atoms with Crippen LogP contribution in [0.2, 0.25) is 0 Å². The molecule has 7 heteroatoms. The summed E-state index contributed by atoms with van der Waals surface area (Å²) in [5.41, 5.74) is 2.82. The van der Waals surface area contributed by atoms with E-state index < -0.39 is 24.4 Å². The number of phenols is 1. The lowest BCUT2D eigenvalue weighted by Gasteiger charge is -2.13. The first-order valence-electron chi connectivity index (χ1n) is 11.1. The first-order chi connectivity index (χ1) is 17.4. The molecule has 0 unspecified atom stereocenters. The summed E-state index contributed by atoms with van der Waals surface area (Å²) in [7, 11) is 0. The van der Waals surface area contributed by atoms with Gasteiger partial charge >= 0.3 is 5.97 Å². The highest BCUT2D eigenvalue weighted by molar-refractivity contribution is 6.34. The van der Waals surface area contributed by atoms with Crippen LogP contribution in [0.4, 0.5) is 5.69 Å². The van der Waals surface area contributed by atoms with Crippen molar-refractivity contribution in [1.82, 2.24) is 0 Å². The number of rotatable bonds is 6. The van der Waals surface area contributed by atoms with Crippen molar-refractivity contribution >= 4 is 29.3 Å². The number of phenolic OH excluding ortho intramolecular Hbond substituents is 1. The first-order valence-corrected chi connectivity index (χ1v) is 11.1. The number of fused-ring (bicyclic) bond motifs is 1. The van der Waals surface area contributed by atoms with Crippen LogP contribution < -0.4 is 4.90 Å². The third-order valence-corrected chi connectivity index (χ3v) is 5.86. The van der Waals surface area contributed by atoms with Crippen LogP contribution in [0.3, 0.4) is 0 Å². The highest BCUT2D eigenvalue weighted by atomic mass is 16.5. The minimum Gasteiger partial charge on any atom is -0.508 e. The minimum absolute atomic E-state index is 0.0416. The van der Waals surface area contributed by atoms with Gasteiger partial charge in [-0.3, -0.25) is 14.4 Å². The Hall–Kier alpha value is -5.04. The molecule has 176 valence electrons. The van der Waals surface area contributed by atoms with E-state index in [0.717, 1.165) is 16.0 Å². The summed E-state index contributed by atoms with van der Waals surface area (Å²) in [6.07, 6.45) is 0. The minimum atomic E-state index is -0.789. The van der Waals surface area contributed by atoms with Crippen LogP contribution in [0, 0.1) is 0 Å². The summed E-state index contributed by atoms with van der Waals surface area (Å²) in [6, 6.07) is 26.5. The molecule has 4 aromatic carbocycles. The molecule has 4 aromatic rings. The van der Waals surface area contributed by atoms with Crippen molar-refractivity contribution in [2.45, 2.75) is 0 Å². The zero-order chi connectivity index (χ0) is 25.2. The molecule has 0 bridgehead atoms. The van der Waals surface area contributed by atoms with Crippen LogP contribution in [0.15, 0.2) is 97.1 Å². The van der Waals surface area contributed by atoms with Gasteiger partial charge in [-0.2, -0.15) is 0 Å². The highest BCUT2D eigenvalue weighted by Gasteiger charge is 2.37. The second-order valence-electron chi connectivity index (χ2n) is 8.17. The van der Waals surface area contributed by atoms with Crippen LogP contribution in [0.1, 0.15) is 41.4 Å². The summed E-state index contributed by atoms with van der Waals surface area (Å²) in [5, 5.41) is 9.69. The fourth-order valence-corrected chi connectivity index (χ4v) is 4.01. The number of amides is 2. The van der Waals surface area contributed by atoms with E-state index in [0.29, 0.717) is 5.56 Å². The van der Waals surface area contributed by atoms with Crippen molar-refractivity contribution in [1.29, 1.82) is 0 Å². The number of Topliss-reactive ketones (excluding diaryl/α,β-unsaturated/α-hetero) is 1. The predicted octanol–water partition coefficient (Wildman–Crippen LogP) is 4.90. The van der Waals surface area contributed by atoms with Crippen LogP contribution >= 0.6 is 0 Å². The fraction of sp³-hybridized carbons (Fsp3) is 0.0345. The van der Waals surface area contributed by atoms with E-state index in [-0.39, 0.29) is 33.9 Å². The van der Waals surface area contributed by atoms with Crippen molar-refractivity contribution in [2.24, 2.45) is 0 Å². The van der Waals surface area contributed by atoms with Crippen LogP contribution in [0.25, 0.3) is 11.1 Å². The molecule has 0 fully saturated rings. The van der Waals surface area contributed by atoms with Gasteiger partial charge in [0, 0.05) is 11.6 Å². The van der Waals surface area contributed by atoms with Gasteiger partial charge < -0.3 is 9.84 Å². The molecule has 1 aliphatic heterocycles. The molecular formula is C29H19NO6. The number of benzene rings is 4. The number of carbonyl (C=O) groups excluding carboxylic acids is 4. The largest absolute Gasteiger partial charge is 0.508 e. The number of hydrogen-bond donors (Lipinski definition) is 1. The van der Waals surface area contributed by atoms with Crippen LogP contribution in [0.5, 0.6) is 5.75 Å². The van der Waals surface area contributed by atoms with Gasteiger partial charge in [-0.05, 0) is 41.5 Å². The van der Waals surface area contributed by atoms with Gasteiger partial charge in [0.15, 0.2) is 12.4 Å². The molecule has 0 aliphatic carbocycles.